The molecule has 1 aliphatic heterocycles. The van der Waals surface area contributed by atoms with Gasteiger partial charge in [0.2, 0.25) is 0 Å². The average Bonchev–Trinajstić information content (AvgIpc) is 2.92. The molecule has 1 spiro atoms. The summed E-state index contributed by atoms with van der Waals surface area (Å²) in [5.74, 6) is 0.0883. The van der Waals surface area contributed by atoms with Gasteiger partial charge in [0.15, 0.2) is 0 Å². The maximum Gasteiger partial charge on any atom is 0.255 e. The van der Waals surface area contributed by atoms with Gasteiger partial charge >= 0.3 is 0 Å². The summed E-state index contributed by atoms with van der Waals surface area (Å²) in [7, 11) is 0. The minimum atomic E-state index is -0.278. The number of carbonyl (C=O) groups is 1. The first kappa shape index (κ1) is 14.6. The molecule has 3 rings (SSSR count). The van der Waals surface area contributed by atoms with Crippen LogP contribution in [0.5, 0.6) is 0 Å². The Kier molecular flexibility index (Phi) is 3.80. The maximum absolute atomic E-state index is 12.5. The lowest BCUT2D eigenvalue weighted by molar-refractivity contribution is -0.207. The molecule has 21 heavy (non-hydrogen) atoms. The molecule has 1 aromatic heterocycles. The summed E-state index contributed by atoms with van der Waals surface area (Å²) in [6.07, 6.45) is 4.07. The minimum Gasteiger partial charge on any atom is -0.392 e. The zero-order valence-corrected chi connectivity index (χ0v) is 12.8. The summed E-state index contributed by atoms with van der Waals surface area (Å²) >= 11 is 0. The molecule has 0 aromatic carbocycles. The van der Waals surface area contributed by atoms with Crippen LogP contribution in [0.4, 0.5) is 0 Å². The monoisotopic (exact) mass is 292 g/mol. The van der Waals surface area contributed by atoms with E-state index in [9.17, 15) is 9.90 Å². The lowest BCUT2D eigenvalue weighted by Crippen LogP contribution is -2.62. The quantitative estimate of drug-likeness (QED) is 0.891. The normalized spacial score (nSPS) is 27.7. The summed E-state index contributed by atoms with van der Waals surface area (Å²) in [4.78, 5) is 17.4. The Morgan fingerprint density at radius 2 is 2.24 bits per heavy atom. The fourth-order valence-corrected chi connectivity index (χ4v) is 3.80. The van der Waals surface area contributed by atoms with Crippen LogP contribution in [0.3, 0.4) is 0 Å². The van der Waals surface area contributed by atoms with Crippen molar-refractivity contribution in [1.29, 1.82) is 0 Å². The molecule has 5 nitrogen and oxygen atoms in total. The second kappa shape index (κ2) is 5.46. The number of hydrogen-bond acceptors (Lipinski definition) is 3. The van der Waals surface area contributed by atoms with Gasteiger partial charge in [0.1, 0.15) is 0 Å². The number of ether oxygens (including phenoxy) is 1. The molecule has 0 radical (unpaired) electrons. The molecule has 0 bridgehead atoms. The third-order valence-corrected chi connectivity index (χ3v) is 5.28. The first-order valence-corrected chi connectivity index (χ1v) is 7.81. The van der Waals surface area contributed by atoms with Crippen molar-refractivity contribution < 1.29 is 14.6 Å². The van der Waals surface area contributed by atoms with E-state index in [1.807, 2.05) is 24.8 Å². The fraction of sp³-hybridized carbons (Fsp3) is 0.688. The van der Waals surface area contributed by atoms with Crippen molar-refractivity contribution in [2.45, 2.75) is 45.3 Å². The third kappa shape index (κ3) is 2.28. The first-order valence-electron chi connectivity index (χ1n) is 7.81. The molecule has 1 aromatic rings. The zero-order chi connectivity index (χ0) is 15.0. The molecular formula is C16H24N2O3. The van der Waals surface area contributed by atoms with Crippen LogP contribution < -0.4 is 0 Å². The van der Waals surface area contributed by atoms with Crippen LogP contribution >= 0.6 is 0 Å². The average molecular weight is 292 g/mol. The van der Waals surface area contributed by atoms with E-state index in [1.54, 1.807) is 6.20 Å². The molecule has 1 aliphatic carbocycles. The molecule has 2 atom stereocenters. The number of H-pyrrole nitrogens is 1. The topological polar surface area (TPSA) is 65.6 Å². The van der Waals surface area contributed by atoms with Gasteiger partial charge < -0.3 is 19.7 Å². The number of rotatable bonds is 3. The highest BCUT2D eigenvalue weighted by atomic mass is 16.5. The van der Waals surface area contributed by atoms with Crippen molar-refractivity contribution in [3.05, 3.63) is 23.5 Å². The van der Waals surface area contributed by atoms with E-state index < -0.39 is 0 Å². The van der Waals surface area contributed by atoms with Crippen LogP contribution in [-0.2, 0) is 4.74 Å². The molecule has 1 saturated carbocycles. The summed E-state index contributed by atoms with van der Waals surface area (Å²) in [6.45, 7) is 5.99. The van der Waals surface area contributed by atoms with Gasteiger partial charge in [0.25, 0.3) is 5.91 Å². The van der Waals surface area contributed by atoms with Gasteiger partial charge in [-0.2, -0.15) is 0 Å². The van der Waals surface area contributed by atoms with E-state index in [-0.39, 0.29) is 23.5 Å². The Hall–Kier alpha value is -1.33. The largest absolute Gasteiger partial charge is 0.392 e. The number of aryl methyl sites for hydroxylation is 1. The molecule has 116 valence electrons. The standard InChI is InChI=1S/C16H24N2O3/c1-3-21-14-10-13(19)16(14)5-8-18(9-6-16)15(20)12-4-7-17-11(12)2/h4,7,13-14,17,19H,3,5-6,8-10H2,1-2H3/t13-,14+/m0/s1. The number of likely N-dealkylation sites (tertiary alicyclic amines) is 1. The fourth-order valence-electron chi connectivity index (χ4n) is 3.80. The van der Waals surface area contributed by atoms with Gasteiger partial charge in [-0.05, 0) is 32.8 Å². The number of aliphatic hydroxyl groups is 1. The number of nitrogens with one attached hydrogen (secondary N) is 1. The summed E-state index contributed by atoms with van der Waals surface area (Å²) in [6, 6.07) is 1.84. The minimum absolute atomic E-state index is 0.0883. The van der Waals surface area contributed by atoms with Gasteiger partial charge in [0, 0.05) is 43.4 Å². The second-order valence-corrected chi connectivity index (χ2v) is 6.24. The lowest BCUT2D eigenvalue weighted by Gasteiger charge is -2.56. The van der Waals surface area contributed by atoms with Crippen LogP contribution in [0.25, 0.3) is 0 Å². The smallest absolute Gasteiger partial charge is 0.255 e. The van der Waals surface area contributed by atoms with Crippen LogP contribution in [0.15, 0.2) is 12.3 Å². The van der Waals surface area contributed by atoms with Crippen LogP contribution in [0, 0.1) is 12.3 Å². The molecule has 0 unspecified atom stereocenters. The molecule has 2 aliphatic rings. The van der Waals surface area contributed by atoms with Gasteiger partial charge in [0.05, 0.1) is 17.8 Å². The van der Waals surface area contributed by atoms with E-state index in [0.717, 1.165) is 30.5 Å². The second-order valence-electron chi connectivity index (χ2n) is 6.24. The molecule has 5 heteroatoms. The zero-order valence-electron chi connectivity index (χ0n) is 12.8. The SMILES string of the molecule is CCO[C@@H]1C[C@H](O)C12CCN(C(=O)c1cc[nH]c1C)CC2. The number of hydrogen-bond donors (Lipinski definition) is 2. The molecule has 2 fully saturated rings. The van der Waals surface area contributed by atoms with Crippen molar-refractivity contribution in [2.75, 3.05) is 19.7 Å². The van der Waals surface area contributed by atoms with Crippen molar-refractivity contribution >= 4 is 5.91 Å². The highest BCUT2D eigenvalue weighted by molar-refractivity contribution is 5.95. The predicted octanol–water partition coefficient (Wildman–Crippen LogP) is 1.72. The Morgan fingerprint density at radius 1 is 1.52 bits per heavy atom. The molecule has 2 heterocycles. The van der Waals surface area contributed by atoms with Crippen molar-refractivity contribution in [2.24, 2.45) is 5.41 Å². The Balaban J connectivity index is 1.65. The summed E-state index contributed by atoms with van der Waals surface area (Å²) in [5, 5.41) is 10.2. The number of amides is 1. The Labute approximate surface area is 125 Å². The van der Waals surface area contributed by atoms with E-state index in [4.69, 9.17) is 4.74 Å². The maximum atomic E-state index is 12.5. The highest BCUT2D eigenvalue weighted by Crippen LogP contribution is 2.51. The van der Waals surface area contributed by atoms with Crippen LogP contribution in [-0.4, -0.2) is 52.8 Å². The van der Waals surface area contributed by atoms with Crippen molar-refractivity contribution in [3.63, 3.8) is 0 Å². The number of aromatic nitrogens is 1. The number of aromatic amines is 1. The number of carbonyl (C=O) groups excluding carboxylic acids is 1. The van der Waals surface area contributed by atoms with Crippen LogP contribution in [0.1, 0.15) is 42.2 Å². The predicted molar refractivity (Wildman–Crippen MR) is 79.1 cm³/mol. The number of aliphatic hydroxyl groups excluding tert-OH is 1. The Bertz CT molecular complexity index is 515. The summed E-state index contributed by atoms with van der Waals surface area (Å²) in [5.41, 5.74) is 1.54. The molecular weight excluding hydrogens is 268 g/mol. The van der Waals surface area contributed by atoms with E-state index in [2.05, 4.69) is 4.98 Å². The molecule has 1 amide bonds. The Morgan fingerprint density at radius 3 is 2.76 bits per heavy atom. The van der Waals surface area contributed by atoms with E-state index >= 15 is 0 Å². The van der Waals surface area contributed by atoms with E-state index in [1.165, 1.54) is 0 Å². The number of nitrogens with zero attached hydrogens (tertiary/aromatic N) is 1. The molecule has 2 N–H and O–H groups in total. The third-order valence-electron chi connectivity index (χ3n) is 5.28. The molecule has 1 saturated heterocycles. The van der Waals surface area contributed by atoms with Crippen molar-refractivity contribution in [1.82, 2.24) is 9.88 Å². The van der Waals surface area contributed by atoms with Crippen molar-refractivity contribution in [3.8, 4) is 0 Å². The highest BCUT2D eigenvalue weighted by Gasteiger charge is 2.56. The van der Waals surface area contributed by atoms with Gasteiger partial charge in [-0.25, -0.2) is 0 Å². The number of piperidine rings is 1. The summed E-state index contributed by atoms with van der Waals surface area (Å²) < 4.78 is 5.76. The lowest BCUT2D eigenvalue weighted by atomic mass is 9.58. The van der Waals surface area contributed by atoms with E-state index in [0.29, 0.717) is 19.7 Å². The first-order chi connectivity index (χ1) is 10.1. The van der Waals surface area contributed by atoms with Gasteiger partial charge in [-0.1, -0.05) is 0 Å². The van der Waals surface area contributed by atoms with Gasteiger partial charge in [-0.3, -0.25) is 4.79 Å². The van der Waals surface area contributed by atoms with Crippen LogP contribution in [0.2, 0.25) is 0 Å². The van der Waals surface area contributed by atoms with Gasteiger partial charge in [-0.15, -0.1) is 0 Å².